The van der Waals surface area contributed by atoms with Crippen LogP contribution in [0.15, 0.2) is 0 Å². The van der Waals surface area contributed by atoms with Crippen LogP contribution in [-0.2, 0) is 13.3 Å². The Labute approximate surface area is 81.2 Å². The zero-order valence-electron chi connectivity index (χ0n) is 9.09. The highest BCUT2D eigenvalue weighted by Crippen LogP contribution is 2.28. The second-order valence-electron chi connectivity index (χ2n) is 4.10. The van der Waals surface area contributed by atoms with Gasteiger partial charge in [0, 0.05) is 26.3 Å². The Hall–Kier alpha value is 0.0569. The molecule has 0 bridgehead atoms. The van der Waals surface area contributed by atoms with Crippen molar-refractivity contribution in [1.82, 2.24) is 4.57 Å². The average Bonchev–Trinajstić information content (AvgIpc) is 2.47. The van der Waals surface area contributed by atoms with Crippen LogP contribution in [0.2, 0.25) is 0 Å². The molecular weight excluding hydrogens is 186 g/mol. The first-order valence-electron chi connectivity index (χ1n) is 4.48. The van der Waals surface area contributed by atoms with E-state index in [0.29, 0.717) is 6.61 Å². The van der Waals surface area contributed by atoms with Gasteiger partial charge in [0.2, 0.25) is 0 Å². The molecule has 0 spiro atoms. The summed E-state index contributed by atoms with van der Waals surface area (Å²) in [6.45, 7) is 8.01. The third kappa shape index (κ3) is 1.94. The lowest BCUT2D eigenvalue weighted by Gasteiger charge is -2.38. The molecule has 0 N–H and O–H groups in total. The fourth-order valence-corrected chi connectivity index (χ4v) is 4.18. The Balaban J connectivity index is 2.84. The van der Waals surface area contributed by atoms with E-state index < -0.39 is 8.97 Å². The molecule has 1 rings (SSSR count). The normalized spacial score (nSPS) is 23.8. The van der Waals surface area contributed by atoms with E-state index in [0.717, 1.165) is 6.54 Å². The van der Waals surface area contributed by atoms with Gasteiger partial charge in [-0.3, -0.25) is 0 Å². The van der Waals surface area contributed by atoms with Gasteiger partial charge in [-0.25, -0.2) is 4.57 Å². The summed E-state index contributed by atoms with van der Waals surface area (Å²) in [5.74, 6) is 0. The molecule has 0 aromatic heterocycles. The molecule has 0 unspecified atom stereocenters. The Morgan fingerprint density at radius 2 is 1.77 bits per heavy atom. The number of hydrogen-bond acceptors (Lipinski definition) is 4. The summed E-state index contributed by atoms with van der Waals surface area (Å²) in [7, 11) is 0.793. The lowest BCUT2D eigenvalue weighted by atomic mass is 10.1. The van der Waals surface area contributed by atoms with Crippen molar-refractivity contribution in [3.05, 3.63) is 0 Å². The van der Waals surface area contributed by atoms with Crippen molar-refractivity contribution in [2.75, 3.05) is 27.4 Å². The smallest absolute Gasteiger partial charge is 0.364 e. The van der Waals surface area contributed by atoms with Gasteiger partial charge in [-0.05, 0) is 20.8 Å². The van der Waals surface area contributed by atoms with Gasteiger partial charge in [0.05, 0.1) is 6.61 Å². The van der Waals surface area contributed by atoms with Crippen LogP contribution in [0.25, 0.3) is 0 Å². The third-order valence-electron chi connectivity index (χ3n) is 2.26. The van der Waals surface area contributed by atoms with Crippen molar-refractivity contribution in [2.45, 2.75) is 26.3 Å². The summed E-state index contributed by atoms with van der Waals surface area (Å²) in [5.41, 5.74) is 0.0365. The second kappa shape index (κ2) is 3.66. The standard InChI is InChI=1S/C8H19NO3Si/c1-8(2,3)9-6-7-12-13(9,10-4)11-5/h6-7H2,1-5H3. The molecule has 0 aromatic rings. The molecule has 1 heterocycles. The molecule has 0 atom stereocenters. The number of nitrogens with zero attached hydrogens (tertiary/aromatic N) is 1. The van der Waals surface area contributed by atoms with Crippen LogP contribution in [-0.4, -0.2) is 46.4 Å². The van der Waals surface area contributed by atoms with Gasteiger partial charge in [0.25, 0.3) is 0 Å². The topological polar surface area (TPSA) is 30.9 Å². The van der Waals surface area contributed by atoms with E-state index in [1.54, 1.807) is 14.2 Å². The summed E-state index contributed by atoms with van der Waals surface area (Å²) in [5, 5.41) is 0. The van der Waals surface area contributed by atoms with Crippen LogP contribution in [0, 0.1) is 0 Å². The number of hydrogen-bond donors (Lipinski definition) is 0. The molecule has 1 fully saturated rings. The van der Waals surface area contributed by atoms with E-state index in [1.165, 1.54) is 0 Å². The zero-order chi connectivity index (χ0) is 10.1. The molecule has 1 saturated heterocycles. The highest BCUT2D eigenvalue weighted by atomic mass is 28.4. The summed E-state index contributed by atoms with van der Waals surface area (Å²) >= 11 is 0. The van der Waals surface area contributed by atoms with Crippen LogP contribution >= 0.6 is 0 Å². The minimum Gasteiger partial charge on any atom is -0.364 e. The van der Waals surface area contributed by atoms with Crippen molar-refractivity contribution >= 4 is 8.97 Å². The van der Waals surface area contributed by atoms with E-state index in [4.69, 9.17) is 13.3 Å². The molecule has 1 aliphatic heterocycles. The largest absolute Gasteiger partial charge is 0.599 e. The van der Waals surface area contributed by atoms with E-state index in [1.807, 2.05) is 0 Å². The molecule has 0 amide bonds. The molecule has 0 aromatic carbocycles. The van der Waals surface area contributed by atoms with Crippen molar-refractivity contribution in [3.63, 3.8) is 0 Å². The van der Waals surface area contributed by atoms with Crippen LogP contribution in [0.4, 0.5) is 0 Å². The van der Waals surface area contributed by atoms with E-state index >= 15 is 0 Å². The lowest BCUT2D eigenvalue weighted by Crippen LogP contribution is -2.61. The SMILES string of the molecule is CO[Si]1(OC)OCCN1C(C)(C)C. The summed E-state index contributed by atoms with van der Waals surface area (Å²) in [6, 6.07) is 0. The Kier molecular flexibility index (Phi) is 3.14. The van der Waals surface area contributed by atoms with E-state index in [-0.39, 0.29) is 5.54 Å². The Morgan fingerprint density at radius 3 is 2.08 bits per heavy atom. The van der Waals surface area contributed by atoms with E-state index in [2.05, 4.69) is 25.3 Å². The molecule has 0 saturated carbocycles. The molecule has 13 heavy (non-hydrogen) atoms. The first kappa shape index (κ1) is 11.1. The Morgan fingerprint density at radius 1 is 1.23 bits per heavy atom. The predicted molar refractivity (Wildman–Crippen MR) is 52.2 cm³/mol. The van der Waals surface area contributed by atoms with Crippen molar-refractivity contribution in [1.29, 1.82) is 0 Å². The maximum atomic E-state index is 5.60. The maximum absolute atomic E-state index is 5.60. The molecule has 5 heteroatoms. The third-order valence-corrected chi connectivity index (χ3v) is 5.41. The molecular formula is C8H19NO3Si. The van der Waals surface area contributed by atoms with E-state index in [9.17, 15) is 0 Å². The first-order valence-corrected chi connectivity index (χ1v) is 6.15. The highest BCUT2D eigenvalue weighted by Gasteiger charge is 2.55. The van der Waals surface area contributed by atoms with Crippen LogP contribution in [0.5, 0.6) is 0 Å². The molecule has 1 aliphatic rings. The zero-order valence-corrected chi connectivity index (χ0v) is 10.1. The van der Waals surface area contributed by atoms with Crippen molar-refractivity contribution in [2.24, 2.45) is 0 Å². The fraction of sp³-hybridized carbons (Fsp3) is 1.00. The van der Waals surface area contributed by atoms with Crippen LogP contribution in [0.1, 0.15) is 20.8 Å². The maximum Gasteiger partial charge on any atom is 0.599 e. The molecule has 78 valence electrons. The molecule has 4 nitrogen and oxygen atoms in total. The minimum absolute atomic E-state index is 0.0365. The monoisotopic (exact) mass is 205 g/mol. The first-order chi connectivity index (χ1) is 5.96. The summed E-state index contributed by atoms with van der Waals surface area (Å²) in [6.07, 6.45) is 0. The van der Waals surface area contributed by atoms with Gasteiger partial charge in [0.15, 0.2) is 0 Å². The van der Waals surface area contributed by atoms with Crippen molar-refractivity contribution in [3.8, 4) is 0 Å². The molecule has 0 radical (unpaired) electrons. The van der Waals surface area contributed by atoms with Gasteiger partial charge in [-0.2, -0.15) is 0 Å². The second-order valence-corrected chi connectivity index (χ2v) is 6.80. The molecule has 0 aliphatic carbocycles. The van der Waals surface area contributed by atoms with Crippen LogP contribution in [0.3, 0.4) is 0 Å². The van der Waals surface area contributed by atoms with Gasteiger partial charge >= 0.3 is 8.97 Å². The minimum atomic E-state index is -2.51. The van der Waals surface area contributed by atoms with Gasteiger partial charge in [0.1, 0.15) is 0 Å². The average molecular weight is 205 g/mol. The predicted octanol–water partition coefficient (Wildman–Crippen LogP) is 0.845. The van der Waals surface area contributed by atoms with Gasteiger partial charge in [-0.1, -0.05) is 0 Å². The Bertz CT molecular complexity index is 177. The quantitative estimate of drug-likeness (QED) is 0.625. The number of rotatable bonds is 2. The fourth-order valence-electron chi connectivity index (χ4n) is 1.65. The van der Waals surface area contributed by atoms with Crippen molar-refractivity contribution < 1.29 is 13.3 Å². The highest BCUT2D eigenvalue weighted by molar-refractivity contribution is 6.58. The van der Waals surface area contributed by atoms with Crippen LogP contribution < -0.4 is 0 Å². The van der Waals surface area contributed by atoms with Gasteiger partial charge < -0.3 is 13.3 Å². The van der Waals surface area contributed by atoms with Gasteiger partial charge in [-0.15, -0.1) is 0 Å². The summed E-state index contributed by atoms with van der Waals surface area (Å²) < 4.78 is 18.6. The summed E-state index contributed by atoms with van der Waals surface area (Å²) in [4.78, 5) is 0. The lowest BCUT2D eigenvalue weighted by molar-refractivity contribution is 0.0688.